The first kappa shape index (κ1) is 13.7. The lowest BCUT2D eigenvalue weighted by molar-refractivity contribution is -0.128. The second-order valence-corrected chi connectivity index (χ2v) is 5.14. The molecule has 1 saturated heterocycles. The molecule has 102 valence electrons. The number of piperidine rings is 1. The lowest BCUT2D eigenvalue weighted by Gasteiger charge is -2.31. The van der Waals surface area contributed by atoms with Gasteiger partial charge in [0.1, 0.15) is 0 Å². The second kappa shape index (κ2) is 5.97. The van der Waals surface area contributed by atoms with Crippen LogP contribution < -0.4 is 0 Å². The monoisotopic (exact) mass is 261 g/mol. The number of hydrogen-bond acceptors (Lipinski definition) is 3. The molecular weight excluding hydrogens is 242 g/mol. The third-order valence-electron chi connectivity index (χ3n) is 3.57. The fraction of sp³-hybridized carbons (Fsp3) is 0.467. The maximum Gasteiger partial charge on any atom is 0.294 e. The van der Waals surface area contributed by atoms with E-state index in [1.807, 2.05) is 19.1 Å². The van der Waals surface area contributed by atoms with Crippen molar-refractivity contribution >= 4 is 11.7 Å². The van der Waals surface area contributed by atoms with Crippen molar-refractivity contribution in [1.82, 2.24) is 4.90 Å². The van der Waals surface area contributed by atoms with Gasteiger partial charge in [0.2, 0.25) is 5.78 Å². The number of carbonyl (C=O) groups is 2. The Hall–Kier alpha value is -1.68. The number of benzene rings is 1. The van der Waals surface area contributed by atoms with Gasteiger partial charge in [-0.1, -0.05) is 29.8 Å². The fourth-order valence-corrected chi connectivity index (χ4v) is 2.37. The number of hydrogen-bond donors (Lipinski definition) is 1. The van der Waals surface area contributed by atoms with Crippen molar-refractivity contribution in [2.24, 2.45) is 5.92 Å². The van der Waals surface area contributed by atoms with Gasteiger partial charge < -0.3 is 10.0 Å². The van der Waals surface area contributed by atoms with E-state index in [0.29, 0.717) is 18.7 Å². The second-order valence-electron chi connectivity index (χ2n) is 5.14. The summed E-state index contributed by atoms with van der Waals surface area (Å²) in [4.78, 5) is 25.8. The lowest BCUT2D eigenvalue weighted by Crippen LogP contribution is -2.44. The van der Waals surface area contributed by atoms with Gasteiger partial charge in [0.25, 0.3) is 5.91 Å². The number of ketones is 1. The summed E-state index contributed by atoms with van der Waals surface area (Å²) in [5, 5.41) is 9.15. The number of amides is 1. The number of carbonyl (C=O) groups excluding carboxylic acids is 2. The van der Waals surface area contributed by atoms with E-state index in [4.69, 9.17) is 5.11 Å². The SMILES string of the molecule is Cc1ccc(C(=O)C(=O)N2CCCC(CO)C2)cc1. The van der Waals surface area contributed by atoms with E-state index < -0.39 is 11.7 Å². The first-order valence-corrected chi connectivity index (χ1v) is 6.63. The molecule has 4 heteroatoms. The van der Waals surface area contributed by atoms with E-state index in [0.717, 1.165) is 18.4 Å². The van der Waals surface area contributed by atoms with Crippen molar-refractivity contribution in [3.05, 3.63) is 35.4 Å². The number of aryl methyl sites for hydroxylation is 1. The van der Waals surface area contributed by atoms with Gasteiger partial charge >= 0.3 is 0 Å². The highest BCUT2D eigenvalue weighted by atomic mass is 16.3. The van der Waals surface area contributed by atoms with E-state index in [2.05, 4.69) is 0 Å². The van der Waals surface area contributed by atoms with Crippen LogP contribution >= 0.6 is 0 Å². The van der Waals surface area contributed by atoms with Crippen molar-refractivity contribution in [3.63, 3.8) is 0 Å². The minimum Gasteiger partial charge on any atom is -0.396 e. The number of nitrogens with zero attached hydrogens (tertiary/aromatic N) is 1. The Balaban J connectivity index is 2.06. The van der Waals surface area contributed by atoms with Crippen LogP contribution in [0.25, 0.3) is 0 Å². The van der Waals surface area contributed by atoms with Crippen LogP contribution in [0.15, 0.2) is 24.3 Å². The minimum absolute atomic E-state index is 0.0719. The summed E-state index contributed by atoms with van der Waals surface area (Å²) in [6.45, 7) is 3.09. The topological polar surface area (TPSA) is 57.6 Å². The van der Waals surface area contributed by atoms with Crippen molar-refractivity contribution < 1.29 is 14.7 Å². The molecule has 1 aliphatic heterocycles. The van der Waals surface area contributed by atoms with Crippen LogP contribution in [0, 0.1) is 12.8 Å². The Bertz CT molecular complexity index is 467. The predicted octanol–water partition coefficient (Wildman–Crippen LogP) is 1.41. The summed E-state index contributed by atoms with van der Waals surface area (Å²) >= 11 is 0. The van der Waals surface area contributed by atoms with Crippen LogP contribution in [0.3, 0.4) is 0 Å². The van der Waals surface area contributed by atoms with Crippen LogP contribution in [0.1, 0.15) is 28.8 Å². The van der Waals surface area contributed by atoms with Gasteiger partial charge in [-0.25, -0.2) is 0 Å². The molecule has 1 amide bonds. The Labute approximate surface area is 113 Å². The molecule has 1 aromatic rings. The Kier molecular flexibility index (Phi) is 4.32. The third-order valence-corrected chi connectivity index (χ3v) is 3.57. The average Bonchev–Trinajstić information content (AvgIpc) is 2.46. The molecule has 0 radical (unpaired) electrons. The minimum atomic E-state index is -0.460. The van der Waals surface area contributed by atoms with Crippen molar-refractivity contribution in [2.75, 3.05) is 19.7 Å². The molecule has 19 heavy (non-hydrogen) atoms. The number of Topliss-reactive ketones (excluding diaryl/α,β-unsaturated/α-hetero) is 1. The van der Waals surface area contributed by atoms with Gasteiger partial charge in [-0.2, -0.15) is 0 Å². The molecule has 1 aliphatic rings. The number of rotatable bonds is 3. The van der Waals surface area contributed by atoms with Crippen LogP contribution in [0.4, 0.5) is 0 Å². The van der Waals surface area contributed by atoms with Crippen molar-refractivity contribution in [2.45, 2.75) is 19.8 Å². The molecule has 1 unspecified atom stereocenters. The summed E-state index contributed by atoms with van der Waals surface area (Å²) in [7, 11) is 0. The summed E-state index contributed by atoms with van der Waals surface area (Å²) < 4.78 is 0. The standard InChI is InChI=1S/C15H19NO3/c1-11-4-6-13(7-5-11)14(18)15(19)16-8-2-3-12(9-16)10-17/h4-7,12,17H,2-3,8-10H2,1H3. The van der Waals surface area contributed by atoms with Gasteiger partial charge in [0.05, 0.1) is 0 Å². The number of aliphatic hydroxyl groups excluding tert-OH is 1. The lowest BCUT2D eigenvalue weighted by atomic mass is 9.98. The van der Waals surface area contributed by atoms with Gasteiger partial charge in [0.15, 0.2) is 0 Å². The molecular formula is C15H19NO3. The van der Waals surface area contributed by atoms with Gasteiger partial charge in [-0.05, 0) is 25.7 Å². The largest absolute Gasteiger partial charge is 0.396 e. The zero-order valence-corrected chi connectivity index (χ0v) is 11.1. The van der Waals surface area contributed by atoms with Crippen LogP contribution in [0.5, 0.6) is 0 Å². The van der Waals surface area contributed by atoms with Gasteiger partial charge in [-0.15, -0.1) is 0 Å². The highest BCUT2D eigenvalue weighted by Crippen LogP contribution is 2.17. The normalized spacial score (nSPS) is 19.3. The molecule has 1 atom stereocenters. The van der Waals surface area contributed by atoms with Gasteiger partial charge in [-0.3, -0.25) is 9.59 Å². The molecule has 1 fully saturated rings. The van der Waals surface area contributed by atoms with Gasteiger partial charge in [0, 0.05) is 25.3 Å². The van der Waals surface area contributed by atoms with E-state index in [1.54, 1.807) is 17.0 Å². The molecule has 4 nitrogen and oxygen atoms in total. The summed E-state index contributed by atoms with van der Waals surface area (Å²) in [5.41, 5.74) is 1.49. The maximum atomic E-state index is 12.1. The summed E-state index contributed by atoms with van der Waals surface area (Å²) in [5.74, 6) is -0.816. The quantitative estimate of drug-likeness (QED) is 0.661. The zero-order chi connectivity index (χ0) is 13.8. The first-order valence-electron chi connectivity index (χ1n) is 6.63. The molecule has 1 heterocycles. The van der Waals surface area contributed by atoms with E-state index >= 15 is 0 Å². The van der Waals surface area contributed by atoms with E-state index in [1.165, 1.54) is 0 Å². The number of aliphatic hydroxyl groups is 1. The highest BCUT2D eigenvalue weighted by molar-refractivity contribution is 6.42. The molecule has 0 saturated carbocycles. The Morgan fingerprint density at radius 1 is 1.32 bits per heavy atom. The maximum absolute atomic E-state index is 12.1. The molecule has 1 aromatic carbocycles. The fourth-order valence-electron chi connectivity index (χ4n) is 2.37. The van der Waals surface area contributed by atoms with E-state index in [-0.39, 0.29) is 12.5 Å². The molecule has 0 aliphatic carbocycles. The molecule has 2 rings (SSSR count). The molecule has 1 N–H and O–H groups in total. The van der Waals surface area contributed by atoms with Crippen LogP contribution in [0.2, 0.25) is 0 Å². The summed E-state index contributed by atoms with van der Waals surface area (Å²) in [6, 6.07) is 7.02. The third kappa shape index (κ3) is 3.20. The highest BCUT2D eigenvalue weighted by Gasteiger charge is 2.27. The number of likely N-dealkylation sites (tertiary alicyclic amines) is 1. The van der Waals surface area contributed by atoms with Crippen molar-refractivity contribution in [1.29, 1.82) is 0 Å². The Morgan fingerprint density at radius 3 is 2.63 bits per heavy atom. The van der Waals surface area contributed by atoms with Crippen LogP contribution in [-0.2, 0) is 4.79 Å². The smallest absolute Gasteiger partial charge is 0.294 e. The molecule has 0 aromatic heterocycles. The zero-order valence-electron chi connectivity index (χ0n) is 11.1. The molecule has 0 bridgehead atoms. The van der Waals surface area contributed by atoms with Crippen LogP contribution in [-0.4, -0.2) is 41.4 Å². The van der Waals surface area contributed by atoms with E-state index in [9.17, 15) is 9.59 Å². The predicted molar refractivity (Wildman–Crippen MR) is 71.9 cm³/mol. The van der Waals surface area contributed by atoms with Crippen molar-refractivity contribution in [3.8, 4) is 0 Å². The first-order chi connectivity index (χ1) is 9.11. The molecule has 0 spiro atoms. The Morgan fingerprint density at radius 2 is 2.00 bits per heavy atom. The average molecular weight is 261 g/mol. The summed E-state index contributed by atoms with van der Waals surface area (Å²) in [6.07, 6.45) is 1.76.